The summed E-state index contributed by atoms with van der Waals surface area (Å²) in [5.74, 6) is -0.773. The van der Waals surface area contributed by atoms with Crippen molar-refractivity contribution in [2.24, 2.45) is 0 Å². The van der Waals surface area contributed by atoms with Crippen molar-refractivity contribution in [2.45, 2.75) is 63.6 Å². The van der Waals surface area contributed by atoms with E-state index in [9.17, 15) is 14.5 Å². The van der Waals surface area contributed by atoms with Crippen molar-refractivity contribution in [3.63, 3.8) is 0 Å². The molecular weight excluding hydrogens is 337 g/mol. The van der Waals surface area contributed by atoms with Gasteiger partial charge in [-0.05, 0) is 63.1 Å². The fourth-order valence-corrected chi connectivity index (χ4v) is 4.31. The van der Waals surface area contributed by atoms with Crippen LogP contribution in [0.2, 0.25) is 0 Å². The number of nitro groups is 1. The van der Waals surface area contributed by atoms with E-state index in [0.29, 0.717) is 23.4 Å². The van der Waals surface area contributed by atoms with Gasteiger partial charge in [0.15, 0.2) is 0 Å². The Morgan fingerprint density at radius 3 is 2.42 bits per heavy atom. The van der Waals surface area contributed by atoms with E-state index < -0.39 is 16.4 Å². The number of methoxy groups -OCH3 is 1. The van der Waals surface area contributed by atoms with Gasteiger partial charge in [-0.1, -0.05) is 0 Å². The third kappa shape index (κ3) is 4.32. The van der Waals surface area contributed by atoms with E-state index in [1.54, 1.807) is 20.1 Å². The van der Waals surface area contributed by atoms with Crippen LogP contribution in [0.25, 0.3) is 0 Å². The van der Waals surface area contributed by atoms with Gasteiger partial charge in [0.1, 0.15) is 5.69 Å². The summed E-state index contributed by atoms with van der Waals surface area (Å²) < 4.78 is 19.4. The van der Waals surface area contributed by atoms with E-state index in [4.69, 9.17) is 4.74 Å². The van der Waals surface area contributed by atoms with E-state index in [0.717, 1.165) is 38.8 Å². The number of nitro benzene ring substituents is 1. The molecule has 2 fully saturated rings. The maximum atomic E-state index is 14.0. The van der Waals surface area contributed by atoms with Crippen molar-refractivity contribution in [3.05, 3.63) is 33.6 Å². The summed E-state index contributed by atoms with van der Waals surface area (Å²) in [5, 5.41) is 14.4. The molecule has 0 unspecified atom stereocenters. The average Bonchev–Trinajstić information content (AvgIpc) is 2.61. The number of benzene rings is 1. The Bertz CT molecular complexity index is 639. The topological polar surface area (TPSA) is 67.6 Å². The predicted molar refractivity (Wildman–Crippen MR) is 99.1 cm³/mol. The summed E-state index contributed by atoms with van der Waals surface area (Å²) in [7, 11) is 1.79. The molecule has 1 saturated carbocycles. The normalized spacial score (nSPS) is 25.2. The smallest absolute Gasteiger partial charge is 0.327 e. The lowest BCUT2D eigenvalue weighted by Crippen LogP contribution is -2.46. The summed E-state index contributed by atoms with van der Waals surface area (Å²) in [6.07, 6.45) is 6.81. The van der Waals surface area contributed by atoms with Gasteiger partial charge < -0.3 is 15.0 Å². The zero-order valence-electron chi connectivity index (χ0n) is 15.5. The number of hydrogen-bond donors (Lipinski definition) is 1. The number of nitrogens with zero attached hydrogens (tertiary/aromatic N) is 2. The molecule has 0 bridgehead atoms. The van der Waals surface area contributed by atoms with Crippen LogP contribution in [0.5, 0.6) is 0 Å². The molecule has 0 aromatic heterocycles. The van der Waals surface area contributed by atoms with Crippen molar-refractivity contribution in [1.29, 1.82) is 0 Å². The van der Waals surface area contributed by atoms with Crippen molar-refractivity contribution in [3.8, 4) is 0 Å². The van der Waals surface area contributed by atoms with Crippen LogP contribution in [0.15, 0.2) is 12.1 Å². The fourth-order valence-electron chi connectivity index (χ4n) is 4.31. The van der Waals surface area contributed by atoms with Crippen LogP contribution in [0, 0.1) is 22.9 Å². The first kappa shape index (κ1) is 19.0. The highest BCUT2D eigenvalue weighted by molar-refractivity contribution is 5.64. The van der Waals surface area contributed by atoms with E-state index >= 15 is 0 Å². The molecular formula is C19H28FN3O3. The lowest BCUT2D eigenvalue weighted by molar-refractivity contribution is -0.386. The van der Waals surface area contributed by atoms with Gasteiger partial charge >= 0.3 is 5.69 Å². The number of anilines is 1. The van der Waals surface area contributed by atoms with Crippen molar-refractivity contribution in [2.75, 3.05) is 25.5 Å². The molecule has 1 aromatic rings. The molecule has 144 valence electrons. The summed E-state index contributed by atoms with van der Waals surface area (Å²) in [5.41, 5.74) is 0.533. The monoisotopic (exact) mass is 365 g/mol. The summed E-state index contributed by atoms with van der Waals surface area (Å²) >= 11 is 0. The molecule has 2 aliphatic rings. The highest BCUT2D eigenvalue weighted by Gasteiger charge is 2.30. The molecule has 1 aliphatic heterocycles. The Balaban J connectivity index is 1.57. The second-order valence-electron chi connectivity index (χ2n) is 7.52. The van der Waals surface area contributed by atoms with Crippen LogP contribution in [0.3, 0.4) is 0 Å². The van der Waals surface area contributed by atoms with E-state index in [-0.39, 0.29) is 6.04 Å². The summed E-state index contributed by atoms with van der Waals surface area (Å²) in [6, 6.07) is 3.64. The van der Waals surface area contributed by atoms with Crippen LogP contribution in [-0.4, -0.2) is 48.2 Å². The number of piperidine rings is 1. The molecule has 0 atom stereocenters. The highest BCUT2D eigenvalue weighted by Crippen LogP contribution is 2.32. The van der Waals surface area contributed by atoms with Gasteiger partial charge in [-0.15, -0.1) is 0 Å². The largest absolute Gasteiger partial charge is 0.381 e. The highest BCUT2D eigenvalue weighted by atomic mass is 19.1. The second kappa shape index (κ2) is 8.31. The standard InChI is InChI=1S/C19H28FN3O3/c1-13-11-17(20)19(23(24)25)18(12-13)21-14-7-9-22(10-8-14)15-3-5-16(26-2)6-4-15/h11-12,14-16,21H,3-10H2,1-2H3/t15-,16-. The molecule has 1 N–H and O–H groups in total. The van der Waals surface area contributed by atoms with E-state index in [1.807, 2.05) is 0 Å². The van der Waals surface area contributed by atoms with Crippen molar-refractivity contribution in [1.82, 2.24) is 4.90 Å². The van der Waals surface area contributed by atoms with Gasteiger partial charge in [-0.3, -0.25) is 10.1 Å². The molecule has 1 aromatic carbocycles. The van der Waals surface area contributed by atoms with Gasteiger partial charge in [0.2, 0.25) is 5.82 Å². The number of hydrogen-bond acceptors (Lipinski definition) is 5. The zero-order valence-corrected chi connectivity index (χ0v) is 15.5. The van der Waals surface area contributed by atoms with E-state index in [1.165, 1.54) is 18.9 Å². The summed E-state index contributed by atoms with van der Waals surface area (Å²) in [4.78, 5) is 13.1. The predicted octanol–water partition coefficient (Wildman–Crippen LogP) is 3.88. The van der Waals surface area contributed by atoms with Crippen LogP contribution >= 0.6 is 0 Å². The van der Waals surface area contributed by atoms with Crippen molar-refractivity contribution >= 4 is 11.4 Å². The van der Waals surface area contributed by atoms with Gasteiger partial charge in [-0.25, -0.2) is 0 Å². The van der Waals surface area contributed by atoms with Crippen molar-refractivity contribution < 1.29 is 14.1 Å². The quantitative estimate of drug-likeness (QED) is 0.634. The molecule has 6 nitrogen and oxygen atoms in total. The Morgan fingerprint density at radius 1 is 1.19 bits per heavy atom. The van der Waals surface area contributed by atoms with Gasteiger partial charge in [0.05, 0.1) is 11.0 Å². The number of ether oxygens (including phenoxy) is 1. The first-order valence-corrected chi connectivity index (χ1v) is 9.46. The first-order valence-electron chi connectivity index (χ1n) is 9.46. The Kier molecular flexibility index (Phi) is 6.09. The van der Waals surface area contributed by atoms with E-state index in [2.05, 4.69) is 10.2 Å². The molecule has 1 aliphatic carbocycles. The van der Waals surface area contributed by atoms with Gasteiger partial charge in [-0.2, -0.15) is 4.39 Å². The molecule has 7 heteroatoms. The lowest BCUT2D eigenvalue weighted by Gasteiger charge is -2.40. The van der Waals surface area contributed by atoms with Crippen LogP contribution < -0.4 is 5.32 Å². The van der Waals surface area contributed by atoms with Crippen LogP contribution in [-0.2, 0) is 4.74 Å². The maximum absolute atomic E-state index is 14.0. The molecule has 0 radical (unpaired) electrons. The Hall–Kier alpha value is -1.73. The van der Waals surface area contributed by atoms with Gasteiger partial charge in [0.25, 0.3) is 0 Å². The van der Waals surface area contributed by atoms with Crippen LogP contribution in [0.1, 0.15) is 44.1 Å². The average molecular weight is 365 g/mol. The molecule has 1 heterocycles. The molecule has 0 spiro atoms. The maximum Gasteiger partial charge on any atom is 0.327 e. The van der Waals surface area contributed by atoms with Gasteiger partial charge in [0, 0.05) is 32.3 Å². The third-order valence-corrected chi connectivity index (χ3v) is 5.77. The minimum absolute atomic E-state index is 0.140. The number of nitrogens with one attached hydrogen (secondary N) is 1. The zero-order chi connectivity index (χ0) is 18.7. The lowest BCUT2D eigenvalue weighted by atomic mass is 9.90. The molecule has 26 heavy (non-hydrogen) atoms. The number of likely N-dealkylation sites (tertiary alicyclic amines) is 1. The number of halogens is 1. The number of rotatable bonds is 5. The Morgan fingerprint density at radius 2 is 1.85 bits per heavy atom. The summed E-state index contributed by atoms with van der Waals surface area (Å²) in [6.45, 7) is 3.70. The van der Waals surface area contributed by atoms with Crippen LogP contribution in [0.4, 0.5) is 15.8 Å². The SMILES string of the molecule is CO[C@H]1CC[C@H](N2CCC(Nc3cc(C)cc(F)c3[N+](=O)[O-])CC2)CC1. The minimum atomic E-state index is -0.773. The second-order valence-corrected chi connectivity index (χ2v) is 7.52. The Labute approximate surface area is 153 Å². The molecule has 0 amide bonds. The minimum Gasteiger partial charge on any atom is -0.381 e. The fraction of sp³-hybridized carbons (Fsp3) is 0.684. The third-order valence-electron chi connectivity index (χ3n) is 5.77. The molecule has 3 rings (SSSR count). The molecule has 1 saturated heterocycles. The number of aryl methyl sites for hydroxylation is 1. The first-order chi connectivity index (χ1) is 12.5.